The van der Waals surface area contributed by atoms with E-state index < -0.39 is 8.24 Å². The van der Waals surface area contributed by atoms with E-state index in [-0.39, 0.29) is 17.9 Å². The van der Waals surface area contributed by atoms with Crippen molar-refractivity contribution in [2.45, 2.75) is 32.1 Å². The van der Waals surface area contributed by atoms with Crippen molar-refractivity contribution in [2.24, 2.45) is 0 Å². The third kappa shape index (κ3) is 1.74. The van der Waals surface area contributed by atoms with Gasteiger partial charge < -0.3 is 9.30 Å². The number of carbonyl (C=O) groups excluding carboxylic acids is 2. The third-order valence-corrected chi connectivity index (χ3v) is 4.15. The molecule has 1 unspecified atom stereocenters. The maximum Gasteiger partial charge on any atom is 0.328 e. The summed E-state index contributed by atoms with van der Waals surface area (Å²) in [6, 6.07) is -0.316. The number of methoxy groups -OCH3 is 1. The van der Waals surface area contributed by atoms with E-state index in [0.29, 0.717) is 6.42 Å². The fourth-order valence-corrected chi connectivity index (χ4v) is 3.55. The second kappa shape index (κ2) is 3.14. The van der Waals surface area contributed by atoms with E-state index in [0.717, 1.165) is 0 Å². The van der Waals surface area contributed by atoms with Gasteiger partial charge in [-0.05, 0) is 0 Å². The topological polar surface area (TPSA) is 46.6 Å². The van der Waals surface area contributed by atoms with Gasteiger partial charge in [0.1, 0.15) is 6.04 Å². The van der Waals surface area contributed by atoms with Gasteiger partial charge in [0.25, 0.3) is 0 Å². The lowest BCUT2D eigenvalue weighted by molar-refractivity contribution is -0.158. The van der Waals surface area contributed by atoms with Crippen molar-refractivity contribution < 1.29 is 14.3 Å². The highest BCUT2D eigenvalue weighted by molar-refractivity contribution is 6.76. The van der Waals surface area contributed by atoms with E-state index in [1.165, 1.54) is 7.11 Å². The predicted molar refractivity (Wildman–Crippen MR) is 50.6 cm³/mol. The maximum absolute atomic E-state index is 11.3. The monoisotopic (exact) mass is 201 g/mol. The van der Waals surface area contributed by atoms with Crippen molar-refractivity contribution in [1.29, 1.82) is 0 Å². The quantitative estimate of drug-likeness (QED) is 0.373. The average molecular weight is 201 g/mol. The third-order valence-electron chi connectivity index (χ3n) is 2.14. The molecule has 0 aromatic heterocycles. The minimum atomic E-state index is -1.70. The first-order valence-electron chi connectivity index (χ1n) is 4.28. The Labute approximate surface area is 78.9 Å². The zero-order valence-electron chi connectivity index (χ0n) is 8.46. The van der Waals surface area contributed by atoms with Gasteiger partial charge in [0.15, 0.2) is 8.24 Å². The van der Waals surface area contributed by atoms with Crippen molar-refractivity contribution in [2.75, 3.05) is 7.11 Å². The summed E-state index contributed by atoms with van der Waals surface area (Å²) in [5.74, 6) is -0.211. The van der Waals surface area contributed by atoms with Crippen molar-refractivity contribution in [3.05, 3.63) is 0 Å². The fourth-order valence-electron chi connectivity index (χ4n) is 1.58. The number of hydrogen-bond donors (Lipinski definition) is 0. The van der Waals surface area contributed by atoms with Crippen LogP contribution in [-0.4, -0.2) is 37.8 Å². The highest BCUT2D eigenvalue weighted by Gasteiger charge is 2.47. The van der Waals surface area contributed by atoms with Gasteiger partial charge in [-0.15, -0.1) is 0 Å². The van der Waals surface area contributed by atoms with Crippen molar-refractivity contribution in [3.63, 3.8) is 0 Å². The van der Waals surface area contributed by atoms with Crippen LogP contribution in [-0.2, 0) is 14.3 Å². The highest BCUT2D eigenvalue weighted by atomic mass is 28.3. The standard InChI is InChI=1S/C8H15NO3Si/c1-12-8(11)6-5-7(10)9(6)13(2,3)4/h6H,5H2,1-4H3. The van der Waals surface area contributed by atoms with Crippen LogP contribution in [0.25, 0.3) is 0 Å². The SMILES string of the molecule is COC(=O)C1CC(=O)N1[Si](C)(C)C. The highest BCUT2D eigenvalue weighted by Crippen LogP contribution is 2.27. The molecule has 0 N–H and O–H groups in total. The predicted octanol–water partition coefficient (Wildman–Crippen LogP) is 0.595. The first-order valence-corrected chi connectivity index (χ1v) is 7.72. The van der Waals surface area contributed by atoms with E-state index in [2.05, 4.69) is 4.74 Å². The normalized spacial score (nSPS) is 22.6. The van der Waals surface area contributed by atoms with Gasteiger partial charge in [0, 0.05) is 0 Å². The van der Waals surface area contributed by atoms with Crippen molar-refractivity contribution >= 4 is 20.1 Å². The lowest BCUT2D eigenvalue weighted by atomic mass is 10.1. The summed E-state index contributed by atoms with van der Waals surface area (Å²) < 4.78 is 6.32. The Morgan fingerprint density at radius 3 is 2.38 bits per heavy atom. The zero-order chi connectivity index (χ0) is 10.2. The molecule has 1 amide bonds. The molecule has 1 saturated heterocycles. The smallest absolute Gasteiger partial charge is 0.328 e. The van der Waals surface area contributed by atoms with Crippen LogP contribution in [0.5, 0.6) is 0 Å². The molecule has 1 aliphatic rings. The molecule has 0 aromatic carbocycles. The van der Waals surface area contributed by atoms with Crippen LogP contribution in [0.2, 0.25) is 19.6 Å². The van der Waals surface area contributed by atoms with Crippen LogP contribution in [0.15, 0.2) is 0 Å². The molecule has 1 fully saturated rings. The summed E-state index contributed by atoms with van der Waals surface area (Å²) in [4.78, 5) is 22.5. The Bertz CT molecular complexity index is 246. The van der Waals surface area contributed by atoms with Gasteiger partial charge >= 0.3 is 5.97 Å². The molecule has 5 heteroatoms. The minimum Gasteiger partial charge on any atom is -0.467 e. The minimum absolute atomic E-state index is 0.0783. The van der Waals surface area contributed by atoms with Gasteiger partial charge in [-0.25, -0.2) is 4.79 Å². The van der Waals surface area contributed by atoms with E-state index in [4.69, 9.17) is 0 Å². The van der Waals surface area contributed by atoms with Gasteiger partial charge in [0.05, 0.1) is 13.5 Å². The number of β-lactam (4-membered cyclic amide) rings is 1. The largest absolute Gasteiger partial charge is 0.467 e. The molecule has 1 aliphatic heterocycles. The summed E-state index contributed by atoms with van der Waals surface area (Å²) in [6.07, 6.45) is 0.316. The molecule has 0 aliphatic carbocycles. The molecule has 0 aromatic rings. The Kier molecular flexibility index (Phi) is 2.47. The Hall–Kier alpha value is -0.843. The summed E-state index contributed by atoms with van der Waals surface area (Å²) in [6.45, 7) is 6.12. The van der Waals surface area contributed by atoms with E-state index in [1.54, 1.807) is 4.57 Å². The van der Waals surface area contributed by atoms with Crippen LogP contribution < -0.4 is 0 Å². The zero-order valence-corrected chi connectivity index (χ0v) is 9.46. The Balaban J connectivity index is 2.73. The molecule has 0 spiro atoms. The van der Waals surface area contributed by atoms with Crippen molar-refractivity contribution in [1.82, 2.24) is 4.57 Å². The summed E-state index contributed by atoms with van der Waals surface area (Å²) in [7, 11) is -0.341. The number of hydrogen-bond acceptors (Lipinski definition) is 3. The van der Waals surface area contributed by atoms with Crippen LogP contribution in [0.3, 0.4) is 0 Å². The number of amides is 1. The second-order valence-electron chi connectivity index (χ2n) is 4.18. The van der Waals surface area contributed by atoms with E-state index in [1.807, 2.05) is 19.6 Å². The average Bonchev–Trinajstić information content (AvgIpc) is 1.95. The lowest BCUT2D eigenvalue weighted by Crippen LogP contribution is -2.66. The maximum atomic E-state index is 11.3. The molecule has 0 radical (unpaired) electrons. The van der Waals surface area contributed by atoms with Crippen molar-refractivity contribution in [3.8, 4) is 0 Å². The van der Waals surface area contributed by atoms with Crippen LogP contribution >= 0.6 is 0 Å². The molecular formula is C8H15NO3Si. The van der Waals surface area contributed by atoms with E-state index in [9.17, 15) is 9.59 Å². The number of ether oxygens (including phenoxy) is 1. The first-order chi connectivity index (χ1) is 5.88. The summed E-state index contributed by atoms with van der Waals surface area (Å²) in [5, 5.41) is 0. The molecule has 13 heavy (non-hydrogen) atoms. The van der Waals surface area contributed by atoms with Crippen LogP contribution in [0.1, 0.15) is 6.42 Å². The Morgan fingerprint density at radius 2 is 2.08 bits per heavy atom. The van der Waals surface area contributed by atoms with Crippen LogP contribution in [0, 0.1) is 0 Å². The van der Waals surface area contributed by atoms with Gasteiger partial charge in [-0.2, -0.15) is 0 Å². The number of carbonyl (C=O) groups is 2. The van der Waals surface area contributed by atoms with Crippen LogP contribution in [0.4, 0.5) is 0 Å². The number of rotatable bonds is 2. The molecule has 1 atom stereocenters. The summed E-state index contributed by atoms with van der Waals surface area (Å²) >= 11 is 0. The first kappa shape index (κ1) is 10.2. The number of esters is 1. The second-order valence-corrected chi connectivity index (χ2v) is 9.00. The lowest BCUT2D eigenvalue weighted by Gasteiger charge is -2.46. The molecular weight excluding hydrogens is 186 g/mol. The molecule has 0 saturated carbocycles. The van der Waals surface area contributed by atoms with Gasteiger partial charge in [-0.1, -0.05) is 19.6 Å². The Morgan fingerprint density at radius 1 is 1.54 bits per heavy atom. The van der Waals surface area contributed by atoms with Gasteiger partial charge in [-0.3, -0.25) is 4.79 Å². The number of nitrogens with zero attached hydrogens (tertiary/aromatic N) is 1. The fraction of sp³-hybridized carbons (Fsp3) is 0.750. The molecule has 0 bridgehead atoms. The summed E-state index contributed by atoms with van der Waals surface area (Å²) in [5.41, 5.74) is 0. The molecule has 1 rings (SSSR count). The molecule has 74 valence electrons. The van der Waals surface area contributed by atoms with Gasteiger partial charge in [0.2, 0.25) is 5.91 Å². The van der Waals surface area contributed by atoms with E-state index >= 15 is 0 Å². The molecule has 1 heterocycles. The molecule has 4 nitrogen and oxygen atoms in total.